The minimum absolute atomic E-state index is 0.0335. The molecule has 0 aromatic heterocycles. The molecule has 0 bridgehead atoms. The van der Waals surface area contributed by atoms with Crippen LogP contribution in [0.3, 0.4) is 0 Å². The Morgan fingerprint density at radius 1 is 1.00 bits per heavy atom. The van der Waals surface area contributed by atoms with E-state index in [1.54, 1.807) is 0 Å². The molecule has 0 radical (unpaired) electrons. The molecular weight excluding hydrogens is 236 g/mol. The van der Waals surface area contributed by atoms with E-state index in [4.69, 9.17) is 9.47 Å². The molecule has 1 aliphatic heterocycles. The molecule has 114 valence electrons. The Balaban J connectivity index is 2.37. The normalized spacial score (nSPS) is 23.2. The maximum atomic E-state index is 6.34. The molecule has 0 aromatic carbocycles. The Morgan fingerprint density at radius 2 is 1.74 bits per heavy atom. The predicted molar refractivity (Wildman–Crippen MR) is 81.4 cm³/mol. The summed E-state index contributed by atoms with van der Waals surface area (Å²) < 4.78 is 12.1. The Hall–Kier alpha value is -0.0800. The molecule has 2 nitrogen and oxygen atoms in total. The van der Waals surface area contributed by atoms with Crippen molar-refractivity contribution in [3.63, 3.8) is 0 Å². The van der Waals surface area contributed by atoms with E-state index in [-0.39, 0.29) is 11.9 Å². The molecule has 1 fully saturated rings. The average Bonchev–Trinajstić information content (AvgIpc) is 2.43. The van der Waals surface area contributed by atoms with Crippen LogP contribution in [0.4, 0.5) is 0 Å². The maximum Gasteiger partial charge on any atom is 0.158 e. The van der Waals surface area contributed by atoms with E-state index in [0.717, 1.165) is 13.0 Å². The Bertz CT molecular complexity index is 211. The fourth-order valence-corrected chi connectivity index (χ4v) is 2.84. The van der Waals surface area contributed by atoms with Gasteiger partial charge >= 0.3 is 0 Å². The molecule has 1 heterocycles. The lowest BCUT2D eigenvalue weighted by Crippen LogP contribution is -2.36. The van der Waals surface area contributed by atoms with E-state index >= 15 is 0 Å². The zero-order chi connectivity index (χ0) is 14.0. The lowest BCUT2D eigenvalue weighted by molar-refractivity contribution is -0.224. The van der Waals surface area contributed by atoms with Crippen LogP contribution in [0.5, 0.6) is 0 Å². The third-order valence-corrected chi connectivity index (χ3v) is 4.17. The zero-order valence-electron chi connectivity index (χ0n) is 13.4. The Kier molecular flexibility index (Phi) is 8.72. The topological polar surface area (TPSA) is 18.5 Å². The minimum Gasteiger partial charge on any atom is -0.353 e. The third kappa shape index (κ3) is 7.31. The van der Waals surface area contributed by atoms with Gasteiger partial charge in [0.25, 0.3) is 0 Å². The molecule has 2 unspecified atom stereocenters. The van der Waals surface area contributed by atoms with Crippen molar-refractivity contribution in [2.75, 3.05) is 6.61 Å². The van der Waals surface area contributed by atoms with E-state index in [2.05, 4.69) is 20.8 Å². The van der Waals surface area contributed by atoms with E-state index < -0.39 is 0 Å². The first-order chi connectivity index (χ1) is 9.20. The van der Waals surface area contributed by atoms with Gasteiger partial charge in [-0.2, -0.15) is 0 Å². The molecule has 2 atom stereocenters. The van der Waals surface area contributed by atoms with Gasteiger partial charge in [0.15, 0.2) is 6.29 Å². The fourth-order valence-electron chi connectivity index (χ4n) is 2.84. The Labute approximate surface area is 120 Å². The van der Waals surface area contributed by atoms with E-state index in [1.807, 2.05) is 0 Å². The van der Waals surface area contributed by atoms with Crippen molar-refractivity contribution in [3.05, 3.63) is 0 Å². The summed E-state index contributed by atoms with van der Waals surface area (Å²) in [6, 6.07) is 0. The van der Waals surface area contributed by atoms with Crippen LogP contribution in [0.25, 0.3) is 0 Å². The van der Waals surface area contributed by atoms with Crippen LogP contribution in [0.2, 0.25) is 0 Å². The summed E-state index contributed by atoms with van der Waals surface area (Å²) in [6.45, 7) is 7.70. The van der Waals surface area contributed by atoms with Crippen molar-refractivity contribution in [3.8, 4) is 0 Å². The van der Waals surface area contributed by atoms with Crippen molar-refractivity contribution in [2.45, 2.75) is 103 Å². The van der Waals surface area contributed by atoms with Gasteiger partial charge in [0.2, 0.25) is 0 Å². The molecule has 2 heteroatoms. The van der Waals surface area contributed by atoms with Crippen molar-refractivity contribution < 1.29 is 9.47 Å². The van der Waals surface area contributed by atoms with Crippen LogP contribution in [-0.4, -0.2) is 18.5 Å². The van der Waals surface area contributed by atoms with Gasteiger partial charge in [-0.05, 0) is 39.0 Å². The lowest BCUT2D eigenvalue weighted by atomic mass is 9.92. The average molecular weight is 270 g/mol. The fraction of sp³-hybridized carbons (Fsp3) is 1.00. The second kappa shape index (κ2) is 9.77. The number of hydrogen-bond acceptors (Lipinski definition) is 2. The van der Waals surface area contributed by atoms with Crippen molar-refractivity contribution in [2.24, 2.45) is 0 Å². The largest absolute Gasteiger partial charge is 0.353 e. The summed E-state index contributed by atoms with van der Waals surface area (Å²) in [6.07, 6.45) is 13.7. The molecule has 1 rings (SSSR count). The second-order valence-corrected chi connectivity index (χ2v) is 6.28. The monoisotopic (exact) mass is 270 g/mol. The highest BCUT2D eigenvalue weighted by atomic mass is 16.7. The van der Waals surface area contributed by atoms with Gasteiger partial charge in [0, 0.05) is 6.61 Å². The molecule has 0 aliphatic carbocycles. The van der Waals surface area contributed by atoms with Crippen molar-refractivity contribution in [1.82, 2.24) is 0 Å². The predicted octanol–water partition coefficient (Wildman–Crippen LogP) is 5.45. The third-order valence-electron chi connectivity index (χ3n) is 4.17. The van der Waals surface area contributed by atoms with Gasteiger partial charge in [-0.15, -0.1) is 0 Å². The highest BCUT2D eigenvalue weighted by Crippen LogP contribution is 2.30. The SMILES string of the molecule is CCCCCCC(C)(CCCC)OC1CCCCO1. The Morgan fingerprint density at radius 3 is 2.37 bits per heavy atom. The summed E-state index contributed by atoms with van der Waals surface area (Å²) in [5, 5.41) is 0. The first-order valence-corrected chi connectivity index (χ1v) is 8.49. The van der Waals surface area contributed by atoms with Crippen molar-refractivity contribution >= 4 is 0 Å². The lowest BCUT2D eigenvalue weighted by Gasteiger charge is -2.36. The molecule has 0 spiro atoms. The number of hydrogen-bond donors (Lipinski definition) is 0. The maximum absolute atomic E-state index is 6.34. The minimum atomic E-state index is 0.0335. The van der Waals surface area contributed by atoms with Gasteiger partial charge in [-0.25, -0.2) is 0 Å². The van der Waals surface area contributed by atoms with Crippen LogP contribution in [0.1, 0.15) is 91.4 Å². The van der Waals surface area contributed by atoms with Gasteiger partial charge in [-0.1, -0.05) is 52.4 Å². The number of unbranched alkanes of at least 4 members (excludes halogenated alkanes) is 4. The van der Waals surface area contributed by atoms with Crippen LogP contribution in [-0.2, 0) is 9.47 Å². The van der Waals surface area contributed by atoms with Gasteiger partial charge in [0.05, 0.1) is 5.60 Å². The highest BCUT2D eigenvalue weighted by Gasteiger charge is 2.29. The van der Waals surface area contributed by atoms with Gasteiger partial charge < -0.3 is 9.47 Å². The molecule has 0 amide bonds. The van der Waals surface area contributed by atoms with E-state index in [1.165, 1.54) is 64.2 Å². The van der Waals surface area contributed by atoms with E-state index in [9.17, 15) is 0 Å². The molecule has 19 heavy (non-hydrogen) atoms. The smallest absolute Gasteiger partial charge is 0.158 e. The molecule has 0 aromatic rings. The summed E-state index contributed by atoms with van der Waals surface area (Å²) in [7, 11) is 0. The molecule has 0 saturated carbocycles. The molecule has 1 aliphatic rings. The highest BCUT2D eigenvalue weighted by molar-refractivity contribution is 4.76. The zero-order valence-corrected chi connectivity index (χ0v) is 13.4. The summed E-state index contributed by atoms with van der Waals surface area (Å²) in [5.74, 6) is 0. The summed E-state index contributed by atoms with van der Waals surface area (Å²) in [4.78, 5) is 0. The van der Waals surface area contributed by atoms with Crippen LogP contribution >= 0.6 is 0 Å². The van der Waals surface area contributed by atoms with Crippen LogP contribution < -0.4 is 0 Å². The van der Waals surface area contributed by atoms with Gasteiger partial charge in [-0.3, -0.25) is 0 Å². The summed E-state index contributed by atoms with van der Waals surface area (Å²) >= 11 is 0. The van der Waals surface area contributed by atoms with Crippen molar-refractivity contribution in [1.29, 1.82) is 0 Å². The van der Waals surface area contributed by atoms with Crippen LogP contribution in [0, 0.1) is 0 Å². The van der Waals surface area contributed by atoms with E-state index in [0.29, 0.717) is 0 Å². The van der Waals surface area contributed by atoms with Crippen LogP contribution in [0.15, 0.2) is 0 Å². The molecular formula is C17H34O2. The standard InChI is InChI=1S/C17H34O2/c1-4-6-8-10-14-17(3,13-7-5-2)19-16-12-9-11-15-18-16/h16H,4-15H2,1-3H3. The first-order valence-electron chi connectivity index (χ1n) is 8.49. The molecule has 1 saturated heterocycles. The number of rotatable bonds is 10. The summed E-state index contributed by atoms with van der Waals surface area (Å²) in [5.41, 5.74) is 0.0335. The number of ether oxygens (including phenoxy) is 2. The quantitative estimate of drug-likeness (QED) is 0.491. The molecule has 0 N–H and O–H groups in total. The van der Waals surface area contributed by atoms with Gasteiger partial charge in [0.1, 0.15) is 0 Å². The first kappa shape index (κ1) is 17.0. The second-order valence-electron chi connectivity index (χ2n) is 6.28.